The number of benzene rings is 1. The molecule has 0 fully saturated rings. The molecule has 3 nitrogen and oxygen atoms in total. The van der Waals surface area contributed by atoms with Crippen molar-refractivity contribution in [1.82, 2.24) is 4.98 Å². The molecule has 0 aliphatic heterocycles. The summed E-state index contributed by atoms with van der Waals surface area (Å²) in [7, 11) is 1.38. The van der Waals surface area contributed by atoms with E-state index in [0.717, 1.165) is 11.1 Å². The van der Waals surface area contributed by atoms with Crippen LogP contribution in [0.3, 0.4) is 0 Å². The molecule has 0 amide bonds. The predicted molar refractivity (Wildman–Crippen MR) is 78.3 cm³/mol. The Bertz CT molecular complexity index is 578. The van der Waals surface area contributed by atoms with Crippen LogP contribution in [0.2, 0.25) is 0 Å². The highest BCUT2D eigenvalue weighted by atomic mass is 16.5. The van der Waals surface area contributed by atoms with Crippen LogP contribution >= 0.6 is 0 Å². The molecule has 3 heteroatoms. The zero-order chi connectivity index (χ0) is 14.4. The second-order valence-electron chi connectivity index (χ2n) is 4.54. The van der Waals surface area contributed by atoms with Crippen molar-refractivity contribution in [3.8, 4) is 0 Å². The summed E-state index contributed by atoms with van der Waals surface area (Å²) >= 11 is 0. The smallest absolute Gasteiger partial charge is 0.333 e. The van der Waals surface area contributed by atoms with Crippen molar-refractivity contribution in [1.29, 1.82) is 0 Å². The lowest BCUT2D eigenvalue weighted by Crippen LogP contribution is -2.14. The van der Waals surface area contributed by atoms with Crippen molar-refractivity contribution in [2.45, 2.75) is 12.3 Å². The maximum Gasteiger partial charge on any atom is 0.333 e. The fraction of sp³-hybridized carbons (Fsp3) is 0.176. The summed E-state index contributed by atoms with van der Waals surface area (Å²) in [6.07, 6.45) is 4.19. The van der Waals surface area contributed by atoms with Crippen molar-refractivity contribution in [2.24, 2.45) is 0 Å². The Balaban J connectivity index is 2.30. The Hall–Kier alpha value is -2.42. The summed E-state index contributed by atoms with van der Waals surface area (Å²) in [6, 6.07) is 13.8. The van der Waals surface area contributed by atoms with E-state index < -0.39 is 0 Å². The molecule has 1 unspecified atom stereocenters. The Morgan fingerprint density at radius 3 is 2.45 bits per heavy atom. The number of ether oxygens (including phenoxy) is 1. The van der Waals surface area contributed by atoms with E-state index in [2.05, 4.69) is 11.6 Å². The monoisotopic (exact) mass is 267 g/mol. The Labute approximate surface area is 118 Å². The summed E-state index contributed by atoms with van der Waals surface area (Å²) in [5, 5.41) is 0. The second kappa shape index (κ2) is 6.66. The number of carbonyl (C=O) groups is 1. The quantitative estimate of drug-likeness (QED) is 0.617. The fourth-order valence-corrected chi connectivity index (χ4v) is 2.16. The number of rotatable bonds is 5. The highest BCUT2D eigenvalue weighted by Gasteiger charge is 2.21. The number of nitrogens with zero attached hydrogens (tertiary/aromatic N) is 1. The van der Waals surface area contributed by atoms with E-state index in [-0.39, 0.29) is 11.9 Å². The highest BCUT2D eigenvalue weighted by molar-refractivity contribution is 5.89. The van der Waals surface area contributed by atoms with Crippen molar-refractivity contribution in [2.75, 3.05) is 7.11 Å². The zero-order valence-electron chi connectivity index (χ0n) is 11.5. The predicted octanol–water partition coefficient (Wildman–Crippen LogP) is 3.14. The van der Waals surface area contributed by atoms with Gasteiger partial charge in [-0.3, -0.25) is 4.98 Å². The van der Waals surface area contributed by atoms with Gasteiger partial charge in [-0.1, -0.05) is 36.9 Å². The van der Waals surface area contributed by atoms with Gasteiger partial charge in [-0.05, 0) is 29.7 Å². The van der Waals surface area contributed by atoms with E-state index in [1.807, 2.05) is 42.5 Å². The summed E-state index contributed by atoms with van der Waals surface area (Å²) in [6.45, 7) is 3.91. The first-order valence-corrected chi connectivity index (χ1v) is 6.43. The van der Waals surface area contributed by atoms with E-state index in [0.29, 0.717) is 12.0 Å². The molecule has 2 aromatic rings. The van der Waals surface area contributed by atoms with E-state index >= 15 is 0 Å². The molecule has 1 atom stereocenters. The van der Waals surface area contributed by atoms with Crippen molar-refractivity contribution < 1.29 is 9.53 Å². The van der Waals surface area contributed by atoms with Gasteiger partial charge < -0.3 is 4.74 Å². The van der Waals surface area contributed by atoms with E-state index in [9.17, 15) is 4.79 Å². The third-order valence-electron chi connectivity index (χ3n) is 3.26. The number of esters is 1. The second-order valence-corrected chi connectivity index (χ2v) is 4.54. The van der Waals surface area contributed by atoms with E-state index in [1.54, 1.807) is 12.4 Å². The normalized spacial score (nSPS) is 11.7. The molecular formula is C17H17NO2. The number of hydrogen-bond acceptors (Lipinski definition) is 3. The topological polar surface area (TPSA) is 39.2 Å². The van der Waals surface area contributed by atoms with Crippen molar-refractivity contribution in [3.63, 3.8) is 0 Å². The molecule has 0 N–H and O–H groups in total. The Morgan fingerprint density at radius 1 is 1.20 bits per heavy atom. The van der Waals surface area contributed by atoms with Gasteiger partial charge in [0.15, 0.2) is 0 Å². The molecule has 1 aromatic heterocycles. The molecular weight excluding hydrogens is 250 g/mol. The molecule has 0 spiro atoms. The summed E-state index contributed by atoms with van der Waals surface area (Å²) in [5.74, 6) is -0.459. The number of pyridine rings is 1. The van der Waals surface area contributed by atoms with E-state index in [1.165, 1.54) is 7.11 Å². The fourth-order valence-electron chi connectivity index (χ4n) is 2.16. The SMILES string of the molecule is C=C(C(=O)OC)C(Cc1ccncc1)c1ccccc1. The third-order valence-corrected chi connectivity index (χ3v) is 3.26. The number of carbonyl (C=O) groups excluding carboxylic acids is 1. The van der Waals surface area contributed by atoms with Gasteiger partial charge in [-0.2, -0.15) is 0 Å². The molecule has 20 heavy (non-hydrogen) atoms. The first-order valence-electron chi connectivity index (χ1n) is 6.43. The standard InChI is InChI=1S/C17H17NO2/c1-13(17(19)20-2)16(15-6-4-3-5-7-15)12-14-8-10-18-11-9-14/h3-11,16H,1,12H2,2H3. The van der Waals surface area contributed by atoms with Crippen LogP contribution in [0.5, 0.6) is 0 Å². The van der Waals surface area contributed by atoms with Gasteiger partial charge in [-0.15, -0.1) is 0 Å². The molecule has 102 valence electrons. The highest BCUT2D eigenvalue weighted by Crippen LogP contribution is 2.28. The van der Waals surface area contributed by atoms with Crippen LogP contribution in [-0.4, -0.2) is 18.1 Å². The molecule has 1 heterocycles. The van der Waals surface area contributed by atoms with Crippen molar-refractivity contribution in [3.05, 3.63) is 78.1 Å². The summed E-state index contributed by atoms with van der Waals surface area (Å²) in [5.41, 5.74) is 2.63. The Kier molecular flexibility index (Phi) is 4.66. The molecule has 0 aliphatic carbocycles. The van der Waals surface area contributed by atoms with Gasteiger partial charge in [0.05, 0.1) is 7.11 Å². The van der Waals surface area contributed by atoms with Crippen LogP contribution in [-0.2, 0) is 16.0 Å². The minimum absolute atomic E-state index is 0.0916. The number of hydrogen-bond donors (Lipinski definition) is 0. The lowest BCUT2D eigenvalue weighted by atomic mass is 9.86. The first-order chi connectivity index (χ1) is 9.72. The molecule has 2 rings (SSSR count). The van der Waals surface area contributed by atoms with Crippen LogP contribution in [0.15, 0.2) is 67.0 Å². The lowest BCUT2D eigenvalue weighted by molar-refractivity contribution is -0.136. The molecule has 0 aliphatic rings. The van der Waals surface area contributed by atoms with Gasteiger partial charge in [0.2, 0.25) is 0 Å². The lowest BCUT2D eigenvalue weighted by Gasteiger charge is -2.18. The number of aromatic nitrogens is 1. The average Bonchev–Trinajstić information content (AvgIpc) is 2.53. The number of methoxy groups -OCH3 is 1. The van der Waals surface area contributed by atoms with Crippen LogP contribution in [0.1, 0.15) is 17.0 Å². The van der Waals surface area contributed by atoms with Crippen LogP contribution in [0, 0.1) is 0 Å². The zero-order valence-corrected chi connectivity index (χ0v) is 11.5. The largest absolute Gasteiger partial charge is 0.466 e. The minimum atomic E-state index is -0.368. The van der Waals surface area contributed by atoms with E-state index in [4.69, 9.17) is 4.74 Å². The van der Waals surface area contributed by atoms with Crippen molar-refractivity contribution >= 4 is 5.97 Å². The van der Waals surface area contributed by atoms with Crippen LogP contribution in [0.4, 0.5) is 0 Å². The maximum atomic E-state index is 11.8. The van der Waals surface area contributed by atoms with Crippen LogP contribution < -0.4 is 0 Å². The van der Waals surface area contributed by atoms with Gasteiger partial charge >= 0.3 is 5.97 Å². The average molecular weight is 267 g/mol. The molecule has 0 bridgehead atoms. The van der Waals surface area contributed by atoms with Gasteiger partial charge in [-0.25, -0.2) is 4.79 Å². The molecule has 1 aromatic carbocycles. The molecule has 0 radical (unpaired) electrons. The van der Waals surface area contributed by atoms with Gasteiger partial charge in [0, 0.05) is 23.9 Å². The van der Waals surface area contributed by atoms with Gasteiger partial charge in [0.1, 0.15) is 0 Å². The van der Waals surface area contributed by atoms with Gasteiger partial charge in [0.25, 0.3) is 0 Å². The minimum Gasteiger partial charge on any atom is -0.466 e. The molecule has 0 saturated carbocycles. The summed E-state index contributed by atoms with van der Waals surface area (Å²) < 4.78 is 4.80. The van der Waals surface area contributed by atoms with Crippen LogP contribution in [0.25, 0.3) is 0 Å². The summed E-state index contributed by atoms with van der Waals surface area (Å²) in [4.78, 5) is 15.8. The first kappa shape index (κ1) is 14.0. The molecule has 0 saturated heterocycles. The maximum absolute atomic E-state index is 11.8. The third kappa shape index (κ3) is 3.32. The Morgan fingerprint density at radius 2 is 1.85 bits per heavy atom.